The highest BCUT2D eigenvalue weighted by Crippen LogP contribution is 2.29. The van der Waals surface area contributed by atoms with Gasteiger partial charge in [0.1, 0.15) is 0 Å². The van der Waals surface area contributed by atoms with Crippen LogP contribution in [0.15, 0.2) is 35.7 Å². The number of fused-ring (bicyclic) bond motifs is 1. The quantitative estimate of drug-likeness (QED) is 0.678. The summed E-state index contributed by atoms with van der Waals surface area (Å²) in [5.41, 5.74) is 4.39. The zero-order valence-corrected chi connectivity index (χ0v) is 19.2. The Labute approximate surface area is 184 Å². The second-order valence-electron chi connectivity index (χ2n) is 8.41. The average Bonchev–Trinajstić information content (AvgIpc) is 3.11. The van der Waals surface area contributed by atoms with Crippen molar-refractivity contribution in [2.24, 2.45) is 5.92 Å². The third-order valence-electron chi connectivity index (χ3n) is 6.21. The lowest BCUT2D eigenvalue weighted by molar-refractivity contribution is 0.303. The van der Waals surface area contributed by atoms with Crippen molar-refractivity contribution in [3.63, 3.8) is 0 Å². The molecule has 1 fully saturated rings. The smallest absolute Gasteiger partial charge is 0.234 e. The van der Waals surface area contributed by atoms with Crippen molar-refractivity contribution >= 4 is 27.9 Å². The highest BCUT2D eigenvalue weighted by atomic mass is 32.2. The van der Waals surface area contributed by atoms with Crippen LogP contribution in [-0.4, -0.2) is 30.0 Å². The van der Waals surface area contributed by atoms with Crippen LogP contribution in [-0.2, 0) is 28.7 Å². The van der Waals surface area contributed by atoms with Crippen LogP contribution in [0, 0.1) is 5.92 Å². The lowest BCUT2D eigenvalue weighted by atomic mass is 9.85. The highest BCUT2D eigenvalue weighted by molar-refractivity contribution is 7.98. The van der Waals surface area contributed by atoms with Gasteiger partial charge in [0.25, 0.3) is 0 Å². The molecule has 2 aromatic rings. The van der Waals surface area contributed by atoms with Gasteiger partial charge < -0.3 is 0 Å². The Hall–Kier alpha value is -1.57. The van der Waals surface area contributed by atoms with Crippen LogP contribution >= 0.6 is 11.8 Å². The Morgan fingerprint density at radius 3 is 2.77 bits per heavy atom. The summed E-state index contributed by atoms with van der Waals surface area (Å²) in [6, 6.07) is 10.3. The van der Waals surface area contributed by atoms with Crippen LogP contribution in [0.1, 0.15) is 61.5 Å². The topological polar surface area (TPSA) is 64.0 Å². The molecule has 4 rings (SSSR count). The first-order valence-electron chi connectivity index (χ1n) is 10.9. The molecule has 1 aliphatic heterocycles. The van der Waals surface area contributed by atoms with Gasteiger partial charge >= 0.3 is 0 Å². The van der Waals surface area contributed by atoms with Crippen molar-refractivity contribution in [1.29, 1.82) is 0 Å². The van der Waals surface area contributed by atoms with E-state index in [2.05, 4.69) is 21.5 Å². The number of hydrogen-bond acceptors (Lipinski definition) is 4. The maximum Gasteiger partial charge on any atom is 0.234 e. The predicted octanol–water partition coefficient (Wildman–Crippen LogP) is 4.58. The third-order valence-corrected chi connectivity index (χ3v) is 8.39. The fourth-order valence-corrected chi connectivity index (χ4v) is 6.64. The fourth-order valence-electron chi connectivity index (χ4n) is 4.54. The molecule has 1 atom stereocenters. The molecule has 5 nitrogen and oxygen atoms in total. The summed E-state index contributed by atoms with van der Waals surface area (Å²) in [6.45, 7) is 2.71. The minimum Gasteiger partial charge on any atom is -0.264 e. The Morgan fingerprint density at radius 1 is 1.23 bits per heavy atom. The largest absolute Gasteiger partial charge is 0.264 e. The van der Waals surface area contributed by atoms with E-state index in [0.29, 0.717) is 12.5 Å². The number of sulfonamides is 1. The zero-order chi connectivity index (χ0) is 21.0. The molecule has 1 saturated carbocycles. The summed E-state index contributed by atoms with van der Waals surface area (Å²) in [5, 5.41) is 6.09. The Kier molecular flexibility index (Phi) is 7.01. The van der Waals surface area contributed by atoms with Crippen LogP contribution in [0.25, 0.3) is 6.08 Å². The first-order chi connectivity index (χ1) is 14.5. The molecule has 0 amide bonds. The van der Waals surface area contributed by atoms with Gasteiger partial charge in [-0.2, -0.15) is 16.9 Å². The van der Waals surface area contributed by atoms with Crippen LogP contribution in [0.2, 0.25) is 0 Å². The van der Waals surface area contributed by atoms with Crippen molar-refractivity contribution < 1.29 is 8.42 Å². The lowest BCUT2D eigenvalue weighted by Gasteiger charge is -2.27. The zero-order valence-electron chi connectivity index (χ0n) is 17.6. The second-order valence-corrected chi connectivity index (χ2v) is 11.1. The van der Waals surface area contributed by atoms with E-state index in [9.17, 15) is 8.42 Å². The van der Waals surface area contributed by atoms with E-state index >= 15 is 0 Å². The van der Waals surface area contributed by atoms with Gasteiger partial charge in [0, 0.05) is 28.5 Å². The van der Waals surface area contributed by atoms with Crippen molar-refractivity contribution in [2.75, 3.05) is 5.75 Å². The van der Waals surface area contributed by atoms with Crippen molar-refractivity contribution in [3.8, 4) is 0 Å². The Bertz CT molecular complexity index is 977. The van der Waals surface area contributed by atoms with Gasteiger partial charge in [-0.05, 0) is 49.5 Å². The molecule has 162 valence electrons. The minimum atomic E-state index is -3.49. The summed E-state index contributed by atoms with van der Waals surface area (Å²) >= 11 is 1.88. The van der Waals surface area contributed by atoms with E-state index in [4.69, 9.17) is 5.10 Å². The number of rotatable bonds is 7. The van der Waals surface area contributed by atoms with E-state index in [-0.39, 0.29) is 6.04 Å². The van der Waals surface area contributed by atoms with E-state index in [0.717, 1.165) is 36.5 Å². The number of hydrogen-bond donors (Lipinski definition) is 1. The van der Waals surface area contributed by atoms with Gasteiger partial charge in [-0.1, -0.05) is 49.6 Å². The number of nitrogens with zero attached hydrogens (tertiary/aromatic N) is 2. The predicted molar refractivity (Wildman–Crippen MR) is 125 cm³/mol. The van der Waals surface area contributed by atoms with Gasteiger partial charge in [-0.3, -0.25) is 4.68 Å². The number of nitrogens with one attached hydrogen (secondary N) is 1. The molecule has 1 aromatic carbocycles. The minimum absolute atomic E-state index is 0.0277. The molecule has 2 heterocycles. The average molecular weight is 446 g/mol. The molecule has 0 unspecified atom stereocenters. The number of thioether (sulfide) groups is 1. The maximum atomic E-state index is 12.7. The van der Waals surface area contributed by atoms with E-state index < -0.39 is 10.0 Å². The molecule has 1 aliphatic carbocycles. The summed E-state index contributed by atoms with van der Waals surface area (Å²) < 4.78 is 30.3. The van der Waals surface area contributed by atoms with Crippen molar-refractivity contribution in [1.82, 2.24) is 14.5 Å². The molecule has 30 heavy (non-hydrogen) atoms. The molecule has 0 saturated heterocycles. The maximum absolute atomic E-state index is 12.7. The molecule has 1 N–H and O–H groups in total. The highest BCUT2D eigenvalue weighted by Gasteiger charge is 2.24. The second kappa shape index (κ2) is 9.71. The van der Waals surface area contributed by atoms with Crippen molar-refractivity contribution in [2.45, 2.75) is 63.8 Å². The lowest BCUT2D eigenvalue weighted by Crippen LogP contribution is -2.37. The van der Waals surface area contributed by atoms with E-state index in [1.165, 1.54) is 41.5 Å². The SMILES string of the molecule is C[C@H](NS(=O)(=O)/C=C/c1nn(Cc2ccccc2)c2c1CSCC2)C1CCCCC1. The summed E-state index contributed by atoms with van der Waals surface area (Å²) in [6.07, 6.45) is 8.55. The molecule has 7 heteroatoms. The molecule has 0 spiro atoms. The monoisotopic (exact) mass is 445 g/mol. The van der Waals surface area contributed by atoms with Crippen LogP contribution in [0.3, 0.4) is 0 Å². The Balaban J connectivity index is 1.51. The van der Waals surface area contributed by atoms with E-state index in [1.807, 2.05) is 36.9 Å². The van der Waals surface area contributed by atoms with E-state index in [1.54, 1.807) is 6.08 Å². The summed E-state index contributed by atoms with van der Waals surface area (Å²) in [4.78, 5) is 0. The number of benzene rings is 1. The first-order valence-corrected chi connectivity index (χ1v) is 13.6. The van der Waals surface area contributed by atoms with Gasteiger partial charge in [-0.25, -0.2) is 13.1 Å². The molecule has 1 aromatic heterocycles. The summed E-state index contributed by atoms with van der Waals surface area (Å²) in [7, 11) is -3.49. The van der Waals surface area contributed by atoms with Crippen molar-refractivity contribution in [3.05, 3.63) is 58.3 Å². The molecule has 0 bridgehead atoms. The normalized spacial score (nSPS) is 19.1. The first kappa shape index (κ1) is 21.7. The van der Waals surface area contributed by atoms with Gasteiger partial charge in [0.05, 0.1) is 12.2 Å². The molecular weight excluding hydrogens is 414 g/mol. The molecule has 0 radical (unpaired) electrons. The van der Waals surface area contributed by atoms with Gasteiger partial charge in [0.15, 0.2) is 0 Å². The molecule has 2 aliphatic rings. The molecular formula is C23H31N3O2S2. The van der Waals surface area contributed by atoms with Crippen LogP contribution in [0.5, 0.6) is 0 Å². The Morgan fingerprint density at radius 2 is 2.00 bits per heavy atom. The van der Waals surface area contributed by atoms with Gasteiger partial charge in [0.2, 0.25) is 10.0 Å². The van der Waals surface area contributed by atoms with Gasteiger partial charge in [-0.15, -0.1) is 0 Å². The van der Waals surface area contributed by atoms with Crippen LogP contribution in [0.4, 0.5) is 0 Å². The van der Waals surface area contributed by atoms with Crippen LogP contribution < -0.4 is 4.72 Å². The summed E-state index contributed by atoms with van der Waals surface area (Å²) in [5.74, 6) is 2.40. The number of aromatic nitrogens is 2. The standard InChI is InChI=1S/C23H31N3O2S2/c1-18(20-10-6-3-7-11-20)25-30(27,28)15-13-22-21-17-29-14-12-23(21)26(24-22)16-19-8-4-2-5-9-19/h2,4-5,8-9,13,15,18,20,25H,3,6-7,10-12,14,16-17H2,1H3/b15-13+/t18-/m0/s1. The fraction of sp³-hybridized carbons (Fsp3) is 0.522. The third kappa shape index (κ3) is 5.37.